The number of aromatic hydroxyl groups is 1. The minimum absolute atomic E-state index is 0.135. The highest BCUT2D eigenvalue weighted by Gasteiger charge is 2.23. The van der Waals surface area contributed by atoms with Gasteiger partial charge in [0.2, 0.25) is 5.91 Å². The number of aliphatic carboxylic acids is 1. The van der Waals surface area contributed by atoms with Crippen molar-refractivity contribution >= 4 is 17.8 Å². The Hall–Kier alpha value is -2.64. The maximum Gasteiger partial charge on any atom is 0.326 e. The first-order valence-electron chi connectivity index (χ1n) is 5.37. The number of nitrogens with two attached hydrogens (primary N) is 1. The standard InChI is InChI=1S/C11H13N3O5/c12-8(16)4-3-6(11(18)19)14-10(17)9-7(15)2-1-5-13-9/h1-2,5-6,15H,3-4H2,(H2,12,16)(H,14,17)(H,18,19)/t6-/m1/s1. The van der Waals surface area contributed by atoms with Crippen molar-refractivity contribution in [1.82, 2.24) is 10.3 Å². The Morgan fingerprint density at radius 3 is 2.63 bits per heavy atom. The van der Waals surface area contributed by atoms with Crippen molar-refractivity contribution < 1.29 is 24.6 Å². The molecule has 0 fully saturated rings. The van der Waals surface area contributed by atoms with Crippen LogP contribution in [0.15, 0.2) is 18.3 Å². The molecule has 8 nitrogen and oxygen atoms in total. The molecule has 0 radical (unpaired) electrons. The number of carboxylic acid groups (broad SMARTS) is 1. The van der Waals surface area contributed by atoms with Gasteiger partial charge < -0.3 is 21.3 Å². The van der Waals surface area contributed by atoms with Crippen LogP contribution in [0.3, 0.4) is 0 Å². The van der Waals surface area contributed by atoms with Crippen LogP contribution in [0.1, 0.15) is 23.3 Å². The number of hydrogen-bond donors (Lipinski definition) is 4. The number of pyridine rings is 1. The molecule has 1 rings (SSSR count). The summed E-state index contributed by atoms with van der Waals surface area (Å²) in [5, 5.41) is 20.5. The van der Waals surface area contributed by atoms with Gasteiger partial charge in [-0.3, -0.25) is 9.59 Å². The van der Waals surface area contributed by atoms with Gasteiger partial charge in [-0.2, -0.15) is 0 Å². The molecule has 1 aromatic heterocycles. The summed E-state index contributed by atoms with van der Waals surface area (Å²) >= 11 is 0. The molecule has 19 heavy (non-hydrogen) atoms. The van der Waals surface area contributed by atoms with E-state index in [2.05, 4.69) is 10.3 Å². The van der Waals surface area contributed by atoms with Gasteiger partial charge in [0.25, 0.3) is 5.91 Å². The Bertz CT molecular complexity index is 503. The van der Waals surface area contributed by atoms with E-state index in [4.69, 9.17) is 10.8 Å². The summed E-state index contributed by atoms with van der Waals surface area (Å²) in [5.74, 6) is -3.17. The van der Waals surface area contributed by atoms with Crippen LogP contribution in [0.4, 0.5) is 0 Å². The third kappa shape index (κ3) is 4.26. The van der Waals surface area contributed by atoms with Gasteiger partial charge in [-0.25, -0.2) is 9.78 Å². The van der Waals surface area contributed by atoms with Gasteiger partial charge in [-0.15, -0.1) is 0 Å². The quantitative estimate of drug-likeness (QED) is 0.533. The molecule has 8 heteroatoms. The number of rotatable bonds is 6. The van der Waals surface area contributed by atoms with Gasteiger partial charge in [0.15, 0.2) is 5.69 Å². The van der Waals surface area contributed by atoms with Crippen LogP contribution in [0.5, 0.6) is 5.75 Å². The van der Waals surface area contributed by atoms with Gasteiger partial charge in [0, 0.05) is 12.6 Å². The summed E-state index contributed by atoms with van der Waals surface area (Å²) in [7, 11) is 0. The number of nitrogens with zero attached hydrogens (tertiary/aromatic N) is 1. The molecule has 1 heterocycles. The third-order valence-electron chi connectivity index (χ3n) is 2.28. The molecule has 0 aliphatic rings. The van der Waals surface area contributed by atoms with Crippen molar-refractivity contribution in [3.05, 3.63) is 24.0 Å². The zero-order valence-electron chi connectivity index (χ0n) is 9.87. The second kappa shape index (κ2) is 6.34. The fourth-order valence-electron chi connectivity index (χ4n) is 1.34. The Kier molecular flexibility index (Phi) is 4.81. The van der Waals surface area contributed by atoms with Crippen LogP contribution in [0.2, 0.25) is 0 Å². The van der Waals surface area contributed by atoms with E-state index >= 15 is 0 Å². The number of amides is 2. The molecule has 0 aromatic carbocycles. The molecular formula is C11H13N3O5. The monoisotopic (exact) mass is 267 g/mol. The summed E-state index contributed by atoms with van der Waals surface area (Å²) in [4.78, 5) is 36.9. The van der Waals surface area contributed by atoms with Crippen LogP contribution in [0.25, 0.3) is 0 Å². The lowest BCUT2D eigenvalue weighted by Crippen LogP contribution is -2.41. The van der Waals surface area contributed by atoms with Crippen molar-refractivity contribution in [3.8, 4) is 5.75 Å². The highest BCUT2D eigenvalue weighted by atomic mass is 16.4. The lowest BCUT2D eigenvalue weighted by Gasteiger charge is -2.13. The maximum atomic E-state index is 11.7. The number of carbonyl (C=O) groups is 3. The number of nitrogens with one attached hydrogen (secondary N) is 1. The summed E-state index contributed by atoms with van der Waals surface area (Å²) in [6.45, 7) is 0. The van der Waals surface area contributed by atoms with Crippen LogP contribution < -0.4 is 11.1 Å². The summed E-state index contributed by atoms with van der Waals surface area (Å²) < 4.78 is 0. The zero-order chi connectivity index (χ0) is 14.4. The maximum absolute atomic E-state index is 11.7. The van der Waals surface area contributed by atoms with Crippen LogP contribution in [0, 0.1) is 0 Å². The lowest BCUT2D eigenvalue weighted by atomic mass is 10.1. The topological polar surface area (TPSA) is 143 Å². The molecular weight excluding hydrogens is 254 g/mol. The van der Waals surface area contributed by atoms with Crippen LogP contribution >= 0.6 is 0 Å². The normalized spacial score (nSPS) is 11.6. The first kappa shape index (κ1) is 14.4. The second-order valence-corrected chi connectivity index (χ2v) is 3.74. The molecule has 0 saturated carbocycles. The summed E-state index contributed by atoms with van der Waals surface area (Å²) in [5.41, 5.74) is 4.63. The second-order valence-electron chi connectivity index (χ2n) is 3.74. The zero-order valence-corrected chi connectivity index (χ0v) is 9.87. The van der Waals surface area contributed by atoms with Gasteiger partial charge >= 0.3 is 5.97 Å². The molecule has 5 N–H and O–H groups in total. The molecule has 0 aliphatic heterocycles. The van der Waals surface area contributed by atoms with Crippen molar-refractivity contribution in [2.45, 2.75) is 18.9 Å². The fraction of sp³-hybridized carbons (Fsp3) is 0.273. The minimum Gasteiger partial charge on any atom is -0.505 e. The van der Waals surface area contributed by atoms with Crippen molar-refractivity contribution in [3.63, 3.8) is 0 Å². The van der Waals surface area contributed by atoms with E-state index in [9.17, 15) is 19.5 Å². The number of carbonyl (C=O) groups excluding carboxylic acids is 2. The largest absolute Gasteiger partial charge is 0.505 e. The van der Waals surface area contributed by atoms with Crippen molar-refractivity contribution in [2.75, 3.05) is 0 Å². The van der Waals surface area contributed by atoms with Gasteiger partial charge in [0.05, 0.1) is 0 Å². The Labute approximate surface area is 108 Å². The van der Waals surface area contributed by atoms with Crippen LogP contribution in [-0.2, 0) is 9.59 Å². The molecule has 102 valence electrons. The SMILES string of the molecule is NC(=O)CC[C@@H](NC(=O)c1ncccc1O)C(=O)O. The fourth-order valence-corrected chi connectivity index (χ4v) is 1.34. The van der Waals surface area contributed by atoms with E-state index in [-0.39, 0.29) is 24.3 Å². The average Bonchev–Trinajstić information content (AvgIpc) is 2.34. The number of hydrogen-bond acceptors (Lipinski definition) is 5. The predicted molar refractivity (Wildman–Crippen MR) is 63.2 cm³/mol. The van der Waals surface area contributed by atoms with Crippen molar-refractivity contribution in [2.24, 2.45) is 5.73 Å². The smallest absolute Gasteiger partial charge is 0.326 e. The Morgan fingerprint density at radius 2 is 2.11 bits per heavy atom. The summed E-state index contributed by atoms with van der Waals surface area (Å²) in [6.07, 6.45) is 0.975. The van der Waals surface area contributed by atoms with E-state index < -0.39 is 23.8 Å². The van der Waals surface area contributed by atoms with E-state index in [1.54, 1.807) is 0 Å². The van der Waals surface area contributed by atoms with Gasteiger partial charge in [-0.05, 0) is 18.6 Å². The molecule has 1 aromatic rings. The summed E-state index contributed by atoms with van der Waals surface area (Å²) in [6, 6.07) is 1.40. The first-order chi connectivity index (χ1) is 8.91. The van der Waals surface area contributed by atoms with E-state index in [0.29, 0.717) is 0 Å². The highest BCUT2D eigenvalue weighted by Crippen LogP contribution is 2.12. The molecule has 1 atom stereocenters. The van der Waals surface area contributed by atoms with Gasteiger partial charge in [0.1, 0.15) is 11.8 Å². The molecule has 0 aliphatic carbocycles. The molecule has 2 amide bonds. The third-order valence-corrected chi connectivity index (χ3v) is 2.28. The molecule has 0 unspecified atom stereocenters. The Balaban J connectivity index is 2.74. The lowest BCUT2D eigenvalue weighted by molar-refractivity contribution is -0.139. The van der Waals surface area contributed by atoms with E-state index in [0.717, 1.165) is 0 Å². The van der Waals surface area contributed by atoms with Gasteiger partial charge in [-0.1, -0.05) is 0 Å². The number of primary amides is 1. The molecule has 0 spiro atoms. The van der Waals surface area contributed by atoms with E-state index in [1.165, 1.54) is 18.3 Å². The van der Waals surface area contributed by atoms with Crippen LogP contribution in [-0.4, -0.2) is 39.0 Å². The van der Waals surface area contributed by atoms with E-state index in [1.807, 2.05) is 0 Å². The van der Waals surface area contributed by atoms with Crippen molar-refractivity contribution in [1.29, 1.82) is 0 Å². The Morgan fingerprint density at radius 1 is 1.42 bits per heavy atom. The molecule has 0 saturated heterocycles. The molecule has 0 bridgehead atoms. The highest BCUT2D eigenvalue weighted by molar-refractivity contribution is 5.97. The predicted octanol–water partition coefficient (Wildman–Crippen LogP) is -0.764. The number of aromatic nitrogens is 1. The number of carboxylic acids is 1. The minimum atomic E-state index is -1.30. The first-order valence-corrected chi connectivity index (χ1v) is 5.37. The average molecular weight is 267 g/mol.